The molecule has 0 aromatic heterocycles. The van der Waals surface area contributed by atoms with E-state index in [1.807, 2.05) is 6.07 Å². The first-order valence-electron chi connectivity index (χ1n) is 2.49. The van der Waals surface area contributed by atoms with E-state index in [1.54, 1.807) is 24.6 Å². The first-order valence-corrected chi connectivity index (χ1v) is 2.49. The predicted molar refractivity (Wildman–Crippen MR) is 34.5 cm³/mol. The highest BCUT2D eigenvalue weighted by Gasteiger charge is 1.89. The van der Waals surface area contributed by atoms with Crippen LogP contribution in [0.1, 0.15) is 0 Å². The van der Waals surface area contributed by atoms with Crippen LogP contribution in [0.15, 0.2) is 29.5 Å². The van der Waals surface area contributed by atoms with Crippen molar-refractivity contribution < 1.29 is 0 Å². The topological polar surface area (TPSA) is 48.2 Å². The van der Waals surface area contributed by atoms with Crippen LogP contribution in [0.25, 0.3) is 0 Å². The van der Waals surface area contributed by atoms with Gasteiger partial charge in [0.25, 0.3) is 0 Å². The van der Waals surface area contributed by atoms with Gasteiger partial charge >= 0.3 is 0 Å². The van der Waals surface area contributed by atoms with Crippen molar-refractivity contribution in [2.45, 2.75) is 0 Å². The summed E-state index contributed by atoms with van der Waals surface area (Å²) in [5.41, 5.74) is 0. The number of aliphatic imine (C=N–C) groups is 1. The maximum absolute atomic E-state index is 8.30. The lowest BCUT2D eigenvalue weighted by Crippen LogP contribution is -2.13. The second-order valence-electron chi connectivity index (χ2n) is 1.43. The normalized spacial score (nSPS) is 15.2. The van der Waals surface area contributed by atoms with E-state index in [4.69, 9.17) is 5.26 Å². The van der Waals surface area contributed by atoms with Gasteiger partial charge in [-0.1, -0.05) is 0 Å². The number of nitriles is 1. The van der Waals surface area contributed by atoms with Crippen LogP contribution in [0.2, 0.25) is 0 Å². The minimum Gasteiger partial charge on any atom is -0.338 e. The molecule has 0 aromatic rings. The highest BCUT2D eigenvalue weighted by Crippen LogP contribution is 1.84. The molecule has 3 nitrogen and oxygen atoms in total. The number of hydrogen-bond donors (Lipinski definition) is 1. The lowest BCUT2D eigenvalue weighted by molar-refractivity contribution is 1.28. The van der Waals surface area contributed by atoms with Gasteiger partial charge in [-0.15, -0.1) is 0 Å². The molecule has 9 heavy (non-hydrogen) atoms. The molecule has 0 unspecified atom stereocenters. The lowest BCUT2D eigenvalue weighted by Gasteiger charge is -1.88. The Hall–Kier alpha value is -1.56. The molecule has 0 fully saturated rings. The van der Waals surface area contributed by atoms with Gasteiger partial charge < -0.3 is 5.32 Å². The summed E-state index contributed by atoms with van der Waals surface area (Å²) in [4.78, 5) is 3.74. The Bertz CT molecular complexity index is 217. The van der Waals surface area contributed by atoms with E-state index in [9.17, 15) is 0 Å². The zero-order valence-corrected chi connectivity index (χ0v) is 4.70. The van der Waals surface area contributed by atoms with Crippen LogP contribution in [-0.4, -0.2) is 5.84 Å². The quantitative estimate of drug-likeness (QED) is 0.506. The fourth-order valence-corrected chi connectivity index (χ4v) is 0.448. The Morgan fingerprint density at radius 2 is 2.44 bits per heavy atom. The van der Waals surface area contributed by atoms with Crippen molar-refractivity contribution in [2.75, 3.05) is 0 Å². The molecule has 44 valence electrons. The van der Waals surface area contributed by atoms with Crippen molar-refractivity contribution in [2.24, 2.45) is 4.99 Å². The van der Waals surface area contributed by atoms with Gasteiger partial charge in [-0.05, 0) is 12.2 Å². The summed E-state index contributed by atoms with van der Waals surface area (Å²) < 4.78 is 0. The summed E-state index contributed by atoms with van der Waals surface area (Å²) in [7, 11) is 0. The fraction of sp³-hybridized carbons (Fsp3) is 0. The van der Waals surface area contributed by atoms with Crippen LogP contribution in [0.3, 0.4) is 0 Å². The third-order valence-corrected chi connectivity index (χ3v) is 0.823. The van der Waals surface area contributed by atoms with E-state index < -0.39 is 0 Å². The molecule has 1 heterocycles. The van der Waals surface area contributed by atoms with Gasteiger partial charge in [0.2, 0.25) is 5.84 Å². The number of hydrogen-bond acceptors (Lipinski definition) is 3. The average molecular weight is 119 g/mol. The van der Waals surface area contributed by atoms with E-state index in [2.05, 4.69) is 10.3 Å². The van der Waals surface area contributed by atoms with Crippen LogP contribution in [0, 0.1) is 11.3 Å². The summed E-state index contributed by atoms with van der Waals surface area (Å²) in [6, 6.07) is 1.88. The number of amidine groups is 1. The van der Waals surface area contributed by atoms with E-state index in [-0.39, 0.29) is 0 Å². The van der Waals surface area contributed by atoms with Crippen LogP contribution in [-0.2, 0) is 0 Å². The molecule has 3 heteroatoms. The van der Waals surface area contributed by atoms with Gasteiger partial charge in [0, 0.05) is 12.4 Å². The van der Waals surface area contributed by atoms with E-state index in [1.165, 1.54) is 0 Å². The molecule has 0 radical (unpaired) electrons. The molecule has 1 rings (SSSR count). The molecule has 1 N–H and O–H groups in total. The molecule has 0 saturated carbocycles. The first kappa shape index (κ1) is 5.57. The molecule has 1 aliphatic rings. The second-order valence-corrected chi connectivity index (χ2v) is 1.43. The predicted octanol–water partition coefficient (Wildman–Crippen LogP) is 0.539. The molecule has 0 aliphatic carbocycles. The molecular formula is C6H5N3. The Labute approximate surface area is 53.0 Å². The molecule has 0 spiro atoms. The van der Waals surface area contributed by atoms with Gasteiger partial charge in [-0.25, -0.2) is 4.99 Å². The van der Waals surface area contributed by atoms with Crippen molar-refractivity contribution in [1.82, 2.24) is 5.32 Å². The van der Waals surface area contributed by atoms with Gasteiger partial charge in [-0.2, -0.15) is 5.26 Å². The number of rotatable bonds is 0. The minimum atomic E-state index is 0.319. The third-order valence-electron chi connectivity index (χ3n) is 0.823. The summed E-state index contributed by atoms with van der Waals surface area (Å²) in [5, 5.41) is 11.0. The van der Waals surface area contributed by atoms with Gasteiger partial charge in [-0.3, -0.25) is 0 Å². The number of allylic oxidation sites excluding steroid dienone is 2. The Balaban J connectivity index is 2.77. The summed E-state index contributed by atoms with van der Waals surface area (Å²) in [6.45, 7) is 0. The molecular weight excluding hydrogens is 114 g/mol. The van der Waals surface area contributed by atoms with E-state index in [0.29, 0.717) is 5.84 Å². The summed E-state index contributed by atoms with van der Waals surface area (Å²) >= 11 is 0. The third kappa shape index (κ3) is 1.42. The highest BCUT2D eigenvalue weighted by atomic mass is 15.0. The van der Waals surface area contributed by atoms with Gasteiger partial charge in [0.1, 0.15) is 6.07 Å². The fourth-order valence-electron chi connectivity index (χ4n) is 0.448. The van der Waals surface area contributed by atoms with Crippen molar-refractivity contribution in [1.29, 1.82) is 5.26 Å². The number of nitrogens with zero attached hydrogens (tertiary/aromatic N) is 2. The molecule has 0 saturated heterocycles. The maximum atomic E-state index is 8.30. The molecule has 0 atom stereocenters. The summed E-state index contributed by atoms with van der Waals surface area (Å²) in [5.74, 6) is 0.319. The van der Waals surface area contributed by atoms with E-state index in [0.717, 1.165) is 0 Å². The van der Waals surface area contributed by atoms with Crippen LogP contribution in [0.4, 0.5) is 0 Å². The SMILES string of the molecule is N#CC1=NC=CC=CN1. The standard InChI is InChI=1S/C6H5N3/c7-5-6-8-3-1-2-4-9-6/h1-4H,(H,8,9). The smallest absolute Gasteiger partial charge is 0.209 e. The van der Waals surface area contributed by atoms with Crippen molar-refractivity contribution >= 4 is 5.84 Å². The average Bonchev–Trinajstić information content (AvgIpc) is 2.13. The van der Waals surface area contributed by atoms with Crippen LogP contribution < -0.4 is 5.32 Å². The molecule has 0 aromatic carbocycles. The number of nitrogens with one attached hydrogen (secondary N) is 1. The van der Waals surface area contributed by atoms with Crippen LogP contribution in [0.5, 0.6) is 0 Å². The van der Waals surface area contributed by atoms with Crippen LogP contribution >= 0.6 is 0 Å². The van der Waals surface area contributed by atoms with E-state index >= 15 is 0 Å². The Kier molecular flexibility index (Phi) is 1.66. The molecule has 1 aliphatic heterocycles. The van der Waals surface area contributed by atoms with Gasteiger partial charge in [0.15, 0.2) is 0 Å². The summed E-state index contributed by atoms with van der Waals surface area (Å²) in [6.07, 6.45) is 6.74. The Morgan fingerprint density at radius 1 is 1.56 bits per heavy atom. The zero-order chi connectivity index (χ0) is 6.53. The highest BCUT2D eigenvalue weighted by molar-refractivity contribution is 5.97. The monoisotopic (exact) mass is 119 g/mol. The zero-order valence-electron chi connectivity index (χ0n) is 4.70. The molecule has 0 amide bonds. The van der Waals surface area contributed by atoms with Crippen molar-refractivity contribution in [3.63, 3.8) is 0 Å². The first-order chi connectivity index (χ1) is 4.43. The Morgan fingerprint density at radius 3 is 3.22 bits per heavy atom. The molecule has 0 bridgehead atoms. The lowest BCUT2D eigenvalue weighted by atomic mass is 10.6. The van der Waals surface area contributed by atoms with Crippen molar-refractivity contribution in [3.8, 4) is 6.07 Å². The second kappa shape index (κ2) is 2.68. The largest absolute Gasteiger partial charge is 0.338 e. The van der Waals surface area contributed by atoms with Gasteiger partial charge in [0.05, 0.1) is 0 Å². The maximum Gasteiger partial charge on any atom is 0.209 e. The minimum absolute atomic E-state index is 0.319. The van der Waals surface area contributed by atoms with Crippen molar-refractivity contribution in [3.05, 3.63) is 24.6 Å².